The van der Waals surface area contributed by atoms with E-state index in [4.69, 9.17) is 0 Å². The average molecular weight is 82.1 g/mol. The highest BCUT2D eigenvalue weighted by atomic mass is 15.6. The first-order valence-corrected chi connectivity index (χ1v) is 1.70. The van der Waals surface area contributed by atoms with Gasteiger partial charge in [0.05, 0.1) is 0 Å². The van der Waals surface area contributed by atoms with Crippen LogP contribution in [0.25, 0.3) is 0 Å². The fourth-order valence-electron chi connectivity index (χ4n) is 0.290. The second-order valence-corrected chi connectivity index (χ2v) is 1.21. The van der Waals surface area contributed by atoms with Crippen LogP contribution in [0.15, 0.2) is 15.3 Å². The van der Waals surface area contributed by atoms with Gasteiger partial charge in [-0.05, 0) is 0 Å². The summed E-state index contributed by atoms with van der Waals surface area (Å²) in [5.74, 6) is 0.912. The summed E-state index contributed by atoms with van der Waals surface area (Å²) < 4.78 is 0. The van der Waals surface area contributed by atoms with E-state index in [0.717, 1.165) is 5.84 Å². The van der Waals surface area contributed by atoms with E-state index in [2.05, 4.69) is 20.8 Å². The van der Waals surface area contributed by atoms with Crippen molar-refractivity contribution in [2.75, 3.05) is 0 Å². The SMILES string of the molecule is N1=NC1C1=NN1. The Labute approximate surface area is 34.0 Å². The zero-order valence-corrected chi connectivity index (χ0v) is 2.92. The Bertz CT molecular complexity index is 128. The van der Waals surface area contributed by atoms with E-state index in [0.29, 0.717) is 0 Å². The molecule has 0 aromatic heterocycles. The van der Waals surface area contributed by atoms with E-state index < -0.39 is 0 Å². The third-order valence-corrected chi connectivity index (χ3v) is 0.716. The van der Waals surface area contributed by atoms with Gasteiger partial charge >= 0.3 is 0 Å². The number of rotatable bonds is 1. The number of hydrazone groups is 1. The van der Waals surface area contributed by atoms with Gasteiger partial charge < -0.3 is 0 Å². The molecule has 0 aromatic rings. The molecule has 4 nitrogen and oxygen atoms in total. The second-order valence-electron chi connectivity index (χ2n) is 1.21. The van der Waals surface area contributed by atoms with Crippen LogP contribution in [-0.2, 0) is 0 Å². The zero-order valence-electron chi connectivity index (χ0n) is 2.92. The Balaban J connectivity index is 2.10. The fraction of sp³-hybridized carbons (Fsp3) is 0.500. The van der Waals surface area contributed by atoms with Crippen molar-refractivity contribution in [2.24, 2.45) is 15.3 Å². The van der Waals surface area contributed by atoms with Crippen LogP contribution in [-0.4, -0.2) is 12.0 Å². The zero-order chi connectivity index (χ0) is 3.98. The van der Waals surface area contributed by atoms with Crippen LogP contribution < -0.4 is 5.43 Å². The number of nitrogens with zero attached hydrogens (tertiary/aromatic N) is 3. The molecule has 0 atom stereocenters. The summed E-state index contributed by atoms with van der Waals surface area (Å²) in [6.07, 6.45) is 0.102. The Hall–Kier alpha value is -0.930. The summed E-state index contributed by atoms with van der Waals surface area (Å²) in [5, 5.41) is 10.8. The molecule has 0 bridgehead atoms. The van der Waals surface area contributed by atoms with Crippen LogP contribution in [0.4, 0.5) is 0 Å². The van der Waals surface area contributed by atoms with E-state index >= 15 is 0 Å². The van der Waals surface area contributed by atoms with Gasteiger partial charge in [0.1, 0.15) is 0 Å². The first kappa shape index (κ1) is 2.28. The van der Waals surface area contributed by atoms with Gasteiger partial charge in [-0.1, -0.05) is 0 Å². The number of amidine groups is 1. The van der Waals surface area contributed by atoms with Crippen molar-refractivity contribution < 1.29 is 0 Å². The van der Waals surface area contributed by atoms with Crippen molar-refractivity contribution in [3.63, 3.8) is 0 Å². The van der Waals surface area contributed by atoms with E-state index in [1.54, 1.807) is 0 Å². The van der Waals surface area contributed by atoms with Crippen molar-refractivity contribution in [3.05, 3.63) is 0 Å². The van der Waals surface area contributed by atoms with Gasteiger partial charge in [0, 0.05) is 0 Å². The number of hydrogen-bond acceptors (Lipinski definition) is 4. The molecule has 2 rings (SSSR count). The lowest BCUT2D eigenvalue weighted by Gasteiger charge is -1.61. The summed E-state index contributed by atoms with van der Waals surface area (Å²) in [6.45, 7) is 0. The Morgan fingerprint density at radius 2 is 2.17 bits per heavy atom. The summed E-state index contributed by atoms with van der Waals surface area (Å²) in [4.78, 5) is 0. The molecule has 0 amide bonds. The first-order chi connectivity index (χ1) is 2.97. The molecular formula is C2H2N4. The molecule has 0 saturated carbocycles. The minimum atomic E-state index is 0.102. The van der Waals surface area contributed by atoms with Gasteiger partial charge in [-0.3, -0.25) is 5.43 Å². The third kappa shape index (κ3) is 0.160. The van der Waals surface area contributed by atoms with Crippen molar-refractivity contribution in [2.45, 2.75) is 6.17 Å². The fourth-order valence-corrected chi connectivity index (χ4v) is 0.290. The topological polar surface area (TPSA) is 59.0 Å². The van der Waals surface area contributed by atoms with Crippen molar-refractivity contribution in [1.82, 2.24) is 5.43 Å². The van der Waals surface area contributed by atoms with Gasteiger partial charge in [-0.15, -0.1) is 0 Å². The number of hydrogen-bond donors (Lipinski definition) is 1. The molecule has 0 unspecified atom stereocenters. The monoisotopic (exact) mass is 82.0 g/mol. The molecule has 30 valence electrons. The highest BCUT2D eigenvalue weighted by Crippen LogP contribution is 2.14. The van der Waals surface area contributed by atoms with Crippen LogP contribution in [0, 0.1) is 0 Å². The molecular weight excluding hydrogens is 80.1 g/mol. The molecule has 1 N–H and O–H groups in total. The molecule has 0 aliphatic carbocycles. The maximum atomic E-state index is 3.64. The second kappa shape index (κ2) is 0.466. The smallest absolute Gasteiger partial charge is 0.241 e. The molecule has 0 spiro atoms. The van der Waals surface area contributed by atoms with Crippen molar-refractivity contribution in [1.29, 1.82) is 0 Å². The largest absolute Gasteiger partial charge is 0.258 e. The quantitative estimate of drug-likeness (QED) is 0.463. The van der Waals surface area contributed by atoms with Crippen LogP contribution in [0.5, 0.6) is 0 Å². The van der Waals surface area contributed by atoms with Crippen LogP contribution in [0.2, 0.25) is 0 Å². The van der Waals surface area contributed by atoms with Crippen LogP contribution in [0.3, 0.4) is 0 Å². The van der Waals surface area contributed by atoms with Crippen LogP contribution >= 0.6 is 0 Å². The Morgan fingerprint density at radius 1 is 1.50 bits per heavy atom. The molecule has 0 aromatic carbocycles. The highest BCUT2D eigenvalue weighted by Gasteiger charge is 2.29. The summed E-state index contributed by atoms with van der Waals surface area (Å²) >= 11 is 0. The number of nitrogens with one attached hydrogen (secondary N) is 1. The van der Waals surface area contributed by atoms with Gasteiger partial charge in [-0.25, -0.2) is 0 Å². The Kier molecular flexibility index (Phi) is 0.177. The van der Waals surface area contributed by atoms with Crippen molar-refractivity contribution >= 4 is 5.84 Å². The summed E-state index contributed by atoms with van der Waals surface area (Å²) in [6, 6.07) is 0. The van der Waals surface area contributed by atoms with E-state index in [9.17, 15) is 0 Å². The molecule has 6 heavy (non-hydrogen) atoms. The first-order valence-electron chi connectivity index (χ1n) is 1.70. The maximum Gasteiger partial charge on any atom is 0.241 e. The van der Waals surface area contributed by atoms with Crippen molar-refractivity contribution in [3.8, 4) is 0 Å². The summed E-state index contributed by atoms with van der Waals surface area (Å²) in [5.41, 5.74) is 2.65. The van der Waals surface area contributed by atoms with E-state index in [-0.39, 0.29) is 6.17 Å². The molecule has 0 radical (unpaired) electrons. The standard InChI is InChI=1S/C2H2N4/c3-1(4-3)2-5-6-2/h1H,(H,5,6). The highest BCUT2D eigenvalue weighted by molar-refractivity contribution is 5.96. The molecule has 2 aliphatic rings. The molecule has 0 fully saturated rings. The molecule has 2 heterocycles. The van der Waals surface area contributed by atoms with E-state index in [1.807, 2.05) is 0 Å². The normalized spacial score (nSPS) is 25.7. The molecule has 0 saturated heterocycles. The van der Waals surface area contributed by atoms with Gasteiger partial charge in [0.15, 0.2) is 5.84 Å². The third-order valence-electron chi connectivity index (χ3n) is 0.716. The van der Waals surface area contributed by atoms with Crippen LogP contribution in [0.1, 0.15) is 0 Å². The Morgan fingerprint density at radius 3 is 2.33 bits per heavy atom. The molecule has 4 heteroatoms. The predicted octanol–water partition coefficient (Wildman–Crippen LogP) is -0.305. The van der Waals surface area contributed by atoms with Gasteiger partial charge in [0.2, 0.25) is 6.17 Å². The van der Waals surface area contributed by atoms with Gasteiger partial charge in [0.25, 0.3) is 0 Å². The lowest BCUT2D eigenvalue weighted by molar-refractivity contribution is 1.21. The lowest BCUT2D eigenvalue weighted by Crippen LogP contribution is -1.99. The maximum absolute atomic E-state index is 3.64. The minimum Gasteiger partial charge on any atom is -0.258 e. The minimum absolute atomic E-state index is 0.102. The van der Waals surface area contributed by atoms with Gasteiger partial charge in [-0.2, -0.15) is 15.3 Å². The van der Waals surface area contributed by atoms with E-state index in [1.165, 1.54) is 0 Å². The molecule has 2 aliphatic heterocycles. The average Bonchev–Trinajstić information content (AvgIpc) is 2.26. The lowest BCUT2D eigenvalue weighted by atomic mass is 10.6. The predicted molar refractivity (Wildman–Crippen MR) is 19.2 cm³/mol. The summed E-state index contributed by atoms with van der Waals surface area (Å²) in [7, 11) is 0.